The summed E-state index contributed by atoms with van der Waals surface area (Å²) in [6.45, 7) is 3.24. The number of unbranched alkanes of at least 4 members (excludes halogenated alkanes) is 1. The molecule has 0 aliphatic rings. The molecule has 0 saturated heterocycles. The van der Waals surface area contributed by atoms with Gasteiger partial charge in [0.1, 0.15) is 17.2 Å². The van der Waals surface area contributed by atoms with Crippen molar-refractivity contribution >= 4 is 5.91 Å². The van der Waals surface area contributed by atoms with Gasteiger partial charge in [-0.05, 0) is 18.6 Å². The molecule has 1 N–H and O–H groups in total. The number of halogens is 2. The van der Waals surface area contributed by atoms with Gasteiger partial charge in [-0.3, -0.25) is 4.79 Å². The Labute approximate surface area is 105 Å². The summed E-state index contributed by atoms with van der Waals surface area (Å²) in [5.74, 6) is -2.48. The maximum Gasteiger partial charge on any atom is 0.257 e. The van der Waals surface area contributed by atoms with Gasteiger partial charge in [-0.25, -0.2) is 8.78 Å². The Hall–Kier alpha value is -1.49. The summed E-state index contributed by atoms with van der Waals surface area (Å²) in [5, 5.41) is 2.41. The van der Waals surface area contributed by atoms with Crippen LogP contribution in [0, 0.1) is 11.6 Å². The zero-order chi connectivity index (χ0) is 13.4. The number of amides is 1. The third-order valence-electron chi connectivity index (χ3n) is 2.36. The molecule has 1 aromatic rings. The van der Waals surface area contributed by atoms with Crippen molar-refractivity contribution in [3.8, 4) is 0 Å². The number of ether oxygens (including phenoxy) is 1. The molecule has 1 rings (SSSR count). The first-order valence-corrected chi connectivity index (χ1v) is 5.96. The van der Waals surface area contributed by atoms with Crippen molar-refractivity contribution in [1.82, 2.24) is 5.32 Å². The van der Waals surface area contributed by atoms with Crippen molar-refractivity contribution in [3.05, 3.63) is 35.4 Å². The van der Waals surface area contributed by atoms with E-state index in [4.69, 9.17) is 4.74 Å². The number of nitrogens with one attached hydrogen (secondary N) is 1. The van der Waals surface area contributed by atoms with Gasteiger partial charge in [-0.2, -0.15) is 0 Å². The average Bonchev–Trinajstić information content (AvgIpc) is 2.33. The lowest BCUT2D eigenvalue weighted by atomic mass is 10.2. The molecule has 0 unspecified atom stereocenters. The molecule has 0 heterocycles. The van der Waals surface area contributed by atoms with E-state index < -0.39 is 23.1 Å². The van der Waals surface area contributed by atoms with Crippen LogP contribution in [0.15, 0.2) is 18.2 Å². The highest BCUT2D eigenvalue weighted by Gasteiger charge is 2.15. The second-order valence-electron chi connectivity index (χ2n) is 3.82. The summed E-state index contributed by atoms with van der Waals surface area (Å²) in [5.41, 5.74) is -0.550. The van der Waals surface area contributed by atoms with Gasteiger partial charge in [0.25, 0.3) is 5.91 Å². The van der Waals surface area contributed by atoms with Crippen molar-refractivity contribution in [2.24, 2.45) is 0 Å². The van der Waals surface area contributed by atoms with Crippen LogP contribution >= 0.6 is 0 Å². The molecular formula is C13H17F2NO2. The highest BCUT2D eigenvalue weighted by atomic mass is 19.1. The Morgan fingerprint density at radius 3 is 2.56 bits per heavy atom. The minimum absolute atomic E-state index is 0.232. The zero-order valence-electron chi connectivity index (χ0n) is 10.3. The van der Waals surface area contributed by atoms with Crippen molar-refractivity contribution < 1.29 is 18.3 Å². The second-order valence-corrected chi connectivity index (χ2v) is 3.82. The van der Waals surface area contributed by atoms with Gasteiger partial charge in [-0.1, -0.05) is 19.4 Å². The monoisotopic (exact) mass is 257 g/mol. The van der Waals surface area contributed by atoms with Gasteiger partial charge in [-0.15, -0.1) is 0 Å². The van der Waals surface area contributed by atoms with Crippen LogP contribution in [-0.4, -0.2) is 25.7 Å². The van der Waals surface area contributed by atoms with E-state index in [0.717, 1.165) is 25.0 Å². The maximum absolute atomic E-state index is 13.2. The number of hydrogen-bond donors (Lipinski definition) is 1. The zero-order valence-corrected chi connectivity index (χ0v) is 10.3. The molecule has 0 aromatic heterocycles. The summed E-state index contributed by atoms with van der Waals surface area (Å²) in [7, 11) is 0. The molecule has 0 radical (unpaired) electrons. The van der Waals surface area contributed by atoms with Crippen molar-refractivity contribution in [1.29, 1.82) is 0 Å². The Morgan fingerprint density at radius 2 is 1.94 bits per heavy atom. The summed E-state index contributed by atoms with van der Waals surface area (Å²) >= 11 is 0. The molecule has 0 fully saturated rings. The predicted octanol–water partition coefficient (Wildman–Crippen LogP) is 2.51. The summed E-state index contributed by atoms with van der Waals surface area (Å²) in [6.07, 6.45) is 1.99. The molecule has 0 aliphatic carbocycles. The number of carbonyl (C=O) groups excluding carboxylic acids is 1. The average molecular weight is 257 g/mol. The predicted molar refractivity (Wildman–Crippen MR) is 64.4 cm³/mol. The molecule has 1 aromatic carbocycles. The lowest BCUT2D eigenvalue weighted by Gasteiger charge is -2.07. The molecular weight excluding hydrogens is 240 g/mol. The van der Waals surface area contributed by atoms with E-state index in [2.05, 4.69) is 5.32 Å². The molecule has 0 spiro atoms. The lowest BCUT2D eigenvalue weighted by molar-refractivity contribution is 0.0904. The van der Waals surface area contributed by atoms with Gasteiger partial charge >= 0.3 is 0 Å². The molecule has 1 amide bonds. The van der Waals surface area contributed by atoms with E-state index in [0.29, 0.717) is 13.2 Å². The third kappa shape index (κ3) is 4.41. The van der Waals surface area contributed by atoms with Crippen LogP contribution in [0.1, 0.15) is 30.1 Å². The van der Waals surface area contributed by atoms with E-state index in [1.807, 2.05) is 6.92 Å². The maximum atomic E-state index is 13.2. The fraction of sp³-hybridized carbons (Fsp3) is 0.462. The smallest absolute Gasteiger partial charge is 0.257 e. The highest BCUT2D eigenvalue weighted by Crippen LogP contribution is 2.11. The summed E-state index contributed by atoms with van der Waals surface area (Å²) in [6, 6.07) is 3.32. The van der Waals surface area contributed by atoms with Gasteiger partial charge in [0.05, 0.1) is 6.61 Å². The highest BCUT2D eigenvalue weighted by molar-refractivity contribution is 5.94. The molecule has 0 aliphatic heterocycles. The van der Waals surface area contributed by atoms with Gasteiger partial charge in [0.2, 0.25) is 0 Å². The standard InChI is InChI=1S/C13H17F2NO2/c1-2-3-8-18-9-7-16-13(17)12-10(14)5-4-6-11(12)15/h4-6H,2-3,7-9H2,1H3,(H,16,17). The molecule has 100 valence electrons. The van der Waals surface area contributed by atoms with Crippen LogP contribution < -0.4 is 5.32 Å². The molecule has 5 heteroatoms. The molecule has 0 atom stereocenters. The summed E-state index contributed by atoms with van der Waals surface area (Å²) in [4.78, 5) is 11.5. The first-order chi connectivity index (χ1) is 8.66. The van der Waals surface area contributed by atoms with E-state index in [1.54, 1.807) is 0 Å². The van der Waals surface area contributed by atoms with E-state index in [-0.39, 0.29) is 6.54 Å². The minimum Gasteiger partial charge on any atom is -0.380 e. The number of benzene rings is 1. The van der Waals surface area contributed by atoms with Crippen LogP contribution in [0.3, 0.4) is 0 Å². The fourth-order valence-corrected chi connectivity index (χ4v) is 1.39. The molecule has 0 bridgehead atoms. The Balaban J connectivity index is 2.37. The summed E-state index contributed by atoms with van der Waals surface area (Å²) < 4.78 is 31.7. The fourth-order valence-electron chi connectivity index (χ4n) is 1.39. The van der Waals surface area contributed by atoms with Gasteiger partial charge < -0.3 is 10.1 Å². The minimum atomic E-state index is -0.862. The van der Waals surface area contributed by atoms with Crippen LogP contribution in [0.2, 0.25) is 0 Å². The van der Waals surface area contributed by atoms with E-state index in [1.165, 1.54) is 6.07 Å². The van der Waals surface area contributed by atoms with Gasteiger partial charge in [0.15, 0.2) is 0 Å². The number of hydrogen-bond acceptors (Lipinski definition) is 2. The van der Waals surface area contributed by atoms with Crippen LogP contribution in [0.25, 0.3) is 0 Å². The first-order valence-electron chi connectivity index (χ1n) is 5.96. The van der Waals surface area contributed by atoms with Crippen molar-refractivity contribution in [3.63, 3.8) is 0 Å². The van der Waals surface area contributed by atoms with Crippen LogP contribution in [0.5, 0.6) is 0 Å². The normalized spacial score (nSPS) is 10.4. The Bertz CT molecular complexity index is 376. The largest absolute Gasteiger partial charge is 0.380 e. The second kappa shape index (κ2) is 7.76. The molecule has 18 heavy (non-hydrogen) atoms. The SMILES string of the molecule is CCCCOCCNC(=O)c1c(F)cccc1F. The first kappa shape index (κ1) is 14.6. The third-order valence-corrected chi connectivity index (χ3v) is 2.36. The topological polar surface area (TPSA) is 38.3 Å². The Kier molecular flexibility index (Phi) is 6.28. The van der Waals surface area contributed by atoms with E-state index >= 15 is 0 Å². The quantitative estimate of drug-likeness (QED) is 0.762. The van der Waals surface area contributed by atoms with Crippen molar-refractivity contribution in [2.45, 2.75) is 19.8 Å². The lowest BCUT2D eigenvalue weighted by Crippen LogP contribution is -2.29. The number of carbonyl (C=O) groups is 1. The van der Waals surface area contributed by atoms with Crippen LogP contribution in [0.4, 0.5) is 8.78 Å². The van der Waals surface area contributed by atoms with E-state index in [9.17, 15) is 13.6 Å². The molecule has 3 nitrogen and oxygen atoms in total. The van der Waals surface area contributed by atoms with Crippen LogP contribution in [-0.2, 0) is 4.74 Å². The van der Waals surface area contributed by atoms with Gasteiger partial charge in [0, 0.05) is 13.2 Å². The number of rotatable bonds is 7. The molecule has 0 saturated carbocycles. The van der Waals surface area contributed by atoms with Crippen molar-refractivity contribution in [2.75, 3.05) is 19.8 Å². The Morgan fingerprint density at radius 1 is 1.28 bits per heavy atom.